The Hall–Kier alpha value is -3.39. The molecule has 32 heavy (non-hydrogen) atoms. The number of benzene rings is 2. The van der Waals surface area contributed by atoms with Gasteiger partial charge in [-0.05, 0) is 47.5 Å². The molecule has 0 aliphatic carbocycles. The highest BCUT2D eigenvalue weighted by Gasteiger charge is 2.34. The van der Waals surface area contributed by atoms with Crippen molar-refractivity contribution in [1.82, 2.24) is 15.1 Å². The molecule has 2 aromatic carbocycles. The lowest BCUT2D eigenvalue weighted by Crippen LogP contribution is -2.37. The van der Waals surface area contributed by atoms with E-state index in [1.165, 1.54) is 0 Å². The first-order chi connectivity index (χ1) is 15.5. The number of amides is 4. The van der Waals surface area contributed by atoms with Crippen LogP contribution in [0.5, 0.6) is 0 Å². The highest BCUT2D eigenvalue weighted by Crippen LogP contribution is 2.31. The van der Waals surface area contributed by atoms with E-state index in [9.17, 15) is 19.2 Å². The van der Waals surface area contributed by atoms with E-state index >= 15 is 0 Å². The first-order valence-electron chi connectivity index (χ1n) is 10.5. The molecule has 0 radical (unpaired) electrons. The molecule has 2 heterocycles. The van der Waals surface area contributed by atoms with Gasteiger partial charge in [-0.1, -0.05) is 42.5 Å². The molecule has 0 spiro atoms. The zero-order chi connectivity index (χ0) is 22.5. The smallest absolute Gasteiger partial charge is 0.293 e. The van der Waals surface area contributed by atoms with Gasteiger partial charge in [0.15, 0.2) is 0 Å². The van der Waals surface area contributed by atoms with E-state index in [-0.39, 0.29) is 36.1 Å². The van der Waals surface area contributed by atoms with Gasteiger partial charge in [-0.2, -0.15) is 0 Å². The molecular formula is C24H23N3O4S. The number of carbonyl (C=O) groups excluding carboxylic acids is 4. The van der Waals surface area contributed by atoms with Crippen molar-refractivity contribution in [3.63, 3.8) is 0 Å². The van der Waals surface area contributed by atoms with E-state index in [4.69, 9.17) is 0 Å². The van der Waals surface area contributed by atoms with E-state index in [1.54, 1.807) is 29.2 Å². The van der Waals surface area contributed by atoms with Crippen LogP contribution in [0.2, 0.25) is 0 Å². The third-order valence-corrected chi connectivity index (χ3v) is 6.23. The van der Waals surface area contributed by atoms with Crippen molar-refractivity contribution in [3.05, 3.63) is 76.2 Å². The molecule has 1 N–H and O–H groups in total. The van der Waals surface area contributed by atoms with Gasteiger partial charge in [0.1, 0.15) is 0 Å². The minimum Gasteiger partial charge on any atom is -0.350 e. The number of thioether (sulfide) groups is 1. The van der Waals surface area contributed by atoms with Crippen LogP contribution in [0.15, 0.2) is 59.5 Å². The lowest BCUT2D eigenvalue weighted by Gasteiger charge is -2.16. The van der Waals surface area contributed by atoms with Crippen molar-refractivity contribution in [2.24, 2.45) is 0 Å². The van der Waals surface area contributed by atoms with Gasteiger partial charge >= 0.3 is 0 Å². The van der Waals surface area contributed by atoms with Crippen LogP contribution in [0.4, 0.5) is 4.79 Å². The Balaban J connectivity index is 1.31. The van der Waals surface area contributed by atoms with Crippen molar-refractivity contribution < 1.29 is 19.2 Å². The molecule has 4 rings (SSSR count). The van der Waals surface area contributed by atoms with Crippen LogP contribution in [0.3, 0.4) is 0 Å². The summed E-state index contributed by atoms with van der Waals surface area (Å²) >= 11 is 0.903. The Morgan fingerprint density at radius 3 is 2.62 bits per heavy atom. The lowest BCUT2D eigenvalue weighted by atomic mass is 10.1. The van der Waals surface area contributed by atoms with Gasteiger partial charge in [-0.3, -0.25) is 24.1 Å². The van der Waals surface area contributed by atoms with Crippen molar-refractivity contribution in [2.75, 3.05) is 19.6 Å². The molecule has 4 amide bonds. The summed E-state index contributed by atoms with van der Waals surface area (Å²) in [6.07, 6.45) is 3.14. The molecule has 0 unspecified atom stereocenters. The van der Waals surface area contributed by atoms with Crippen LogP contribution in [-0.4, -0.2) is 52.4 Å². The molecule has 2 saturated heterocycles. The Morgan fingerprint density at radius 2 is 1.88 bits per heavy atom. The molecule has 164 valence electrons. The number of carbonyl (C=O) groups is 4. The summed E-state index contributed by atoms with van der Waals surface area (Å²) in [5, 5.41) is 2.42. The first kappa shape index (κ1) is 21.8. The zero-order valence-corrected chi connectivity index (χ0v) is 18.3. The fourth-order valence-electron chi connectivity index (χ4n) is 3.68. The fraction of sp³-hybridized carbons (Fsp3) is 0.250. The molecule has 8 heteroatoms. The van der Waals surface area contributed by atoms with Gasteiger partial charge in [0.2, 0.25) is 5.91 Å². The van der Waals surface area contributed by atoms with Gasteiger partial charge in [-0.25, -0.2) is 0 Å². The first-order valence-corrected chi connectivity index (χ1v) is 11.3. The van der Waals surface area contributed by atoms with Crippen molar-refractivity contribution in [3.8, 4) is 0 Å². The second kappa shape index (κ2) is 9.82. The molecule has 2 fully saturated rings. The molecule has 0 atom stereocenters. The Kier molecular flexibility index (Phi) is 6.70. The fourth-order valence-corrected chi connectivity index (χ4v) is 4.54. The topological polar surface area (TPSA) is 86.8 Å². The second-order valence-corrected chi connectivity index (χ2v) is 8.61. The van der Waals surface area contributed by atoms with Crippen LogP contribution in [0.25, 0.3) is 6.08 Å². The normalized spacial score (nSPS) is 17.5. The number of rotatable bonds is 7. The van der Waals surface area contributed by atoms with Gasteiger partial charge in [-0.15, -0.1) is 0 Å². The molecular weight excluding hydrogens is 426 g/mol. The summed E-state index contributed by atoms with van der Waals surface area (Å²) in [5.41, 5.74) is 2.22. The quantitative estimate of drug-likeness (QED) is 0.656. The van der Waals surface area contributed by atoms with E-state index in [0.717, 1.165) is 40.8 Å². The third-order valence-electron chi connectivity index (χ3n) is 5.33. The minimum atomic E-state index is -0.352. The highest BCUT2D eigenvalue weighted by molar-refractivity contribution is 8.18. The number of imide groups is 1. The lowest BCUT2D eigenvalue weighted by molar-refractivity contribution is -0.128. The van der Waals surface area contributed by atoms with Gasteiger partial charge < -0.3 is 10.2 Å². The molecule has 7 nitrogen and oxygen atoms in total. The number of likely N-dealkylation sites (tertiary alicyclic amines) is 1. The van der Waals surface area contributed by atoms with Crippen molar-refractivity contribution >= 4 is 40.8 Å². The average molecular weight is 450 g/mol. The van der Waals surface area contributed by atoms with Gasteiger partial charge in [0.05, 0.1) is 4.91 Å². The SMILES string of the molecule is O=C(NCCN1C(=O)S/C(=C\c2ccccc2)C1=O)c1cccc(CN2CCCC2=O)c1. The summed E-state index contributed by atoms with van der Waals surface area (Å²) in [7, 11) is 0. The molecule has 2 aromatic rings. The highest BCUT2D eigenvalue weighted by atomic mass is 32.2. The zero-order valence-electron chi connectivity index (χ0n) is 17.5. The summed E-state index contributed by atoms with van der Waals surface area (Å²) in [6, 6.07) is 16.5. The molecule has 2 aliphatic heterocycles. The van der Waals surface area contributed by atoms with E-state index in [2.05, 4.69) is 5.32 Å². The summed E-state index contributed by atoms with van der Waals surface area (Å²) in [6.45, 7) is 1.49. The minimum absolute atomic E-state index is 0.102. The van der Waals surface area contributed by atoms with E-state index < -0.39 is 0 Å². The largest absolute Gasteiger partial charge is 0.350 e. The van der Waals surface area contributed by atoms with Crippen LogP contribution < -0.4 is 5.32 Å². The maximum absolute atomic E-state index is 12.6. The molecule has 0 aromatic heterocycles. The predicted octanol–water partition coefficient (Wildman–Crippen LogP) is 3.28. The maximum Gasteiger partial charge on any atom is 0.293 e. The summed E-state index contributed by atoms with van der Waals surface area (Å²) in [4.78, 5) is 52.5. The van der Waals surface area contributed by atoms with Crippen LogP contribution in [-0.2, 0) is 16.1 Å². The number of nitrogens with zero attached hydrogens (tertiary/aromatic N) is 2. The average Bonchev–Trinajstić information content (AvgIpc) is 3.31. The van der Waals surface area contributed by atoms with E-state index in [1.807, 2.05) is 36.4 Å². The predicted molar refractivity (Wildman–Crippen MR) is 123 cm³/mol. The van der Waals surface area contributed by atoms with Crippen LogP contribution in [0.1, 0.15) is 34.3 Å². The summed E-state index contributed by atoms with van der Waals surface area (Å²) in [5.74, 6) is -0.500. The molecule has 0 saturated carbocycles. The van der Waals surface area contributed by atoms with Gasteiger partial charge in [0, 0.05) is 38.2 Å². The van der Waals surface area contributed by atoms with Crippen molar-refractivity contribution in [2.45, 2.75) is 19.4 Å². The second-order valence-electron chi connectivity index (χ2n) is 7.62. The monoisotopic (exact) mass is 449 g/mol. The Labute approximate surface area is 190 Å². The van der Waals surface area contributed by atoms with Crippen LogP contribution >= 0.6 is 11.8 Å². The number of hydrogen-bond donors (Lipinski definition) is 1. The molecule has 2 aliphatic rings. The standard InChI is InChI=1S/C24H23N3O4S/c28-21-10-5-12-26(21)16-18-8-4-9-19(14-18)22(29)25-11-13-27-23(30)20(32-24(27)31)15-17-6-2-1-3-7-17/h1-4,6-9,14-15H,5,10-13,16H2,(H,25,29)/b20-15-. The molecule has 0 bridgehead atoms. The Bertz CT molecular complexity index is 1080. The summed E-state index contributed by atoms with van der Waals surface area (Å²) < 4.78 is 0. The Morgan fingerprint density at radius 1 is 1.06 bits per heavy atom. The number of hydrogen-bond acceptors (Lipinski definition) is 5. The van der Waals surface area contributed by atoms with E-state index in [0.29, 0.717) is 23.4 Å². The van der Waals surface area contributed by atoms with Gasteiger partial charge in [0.25, 0.3) is 17.1 Å². The van der Waals surface area contributed by atoms with Crippen LogP contribution in [0, 0.1) is 0 Å². The van der Waals surface area contributed by atoms with Crippen molar-refractivity contribution in [1.29, 1.82) is 0 Å². The number of nitrogens with one attached hydrogen (secondary N) is 1. The third kappa shape index (κ3) is 5.08. The maximum atomic E-state index is 12.6.